The first-order valence-electron chi connectivity index (χ1n) is 41.1. The van der Waals surface area contributed by atoms with Crippen molar-refractivity contribution in [3.8, 4) is 100 Å². The minimum Gasteiger partial charge on any atom is -0.456 e. The molecule has 0 radical (unpaired) electrons. The summed E-state index contributed by atoms with van der Waals surface area (Å²) in [6.45, 7) is 0. The van der Waals surface area contributed by atoms with Crippen molar-refractivity contribution in [1.29, 1.82) is 0 Å². The Balaban J connectivity index is 0.612. The highest BCUT2D eigenvalue weighted by Gasteiger charge is 2.24. The van der Waals surface area contributed by atoms with Crippen LogP contribution in [0.2, 0.25) is 0 Å². The van der Waals surface area contributed by atoms with Gasteiger partial charge in [0, 0.05) is 55.4 Å². The first-order chi connectivity index (χ1) is 59.4. The number of nitrogens with zero attached hydrogens (tertiary/aromatic N) is 2. The van der Waals surface area contributed by atoms with Crippen LogP contribution in [0.15, 0.2) is 458 Å². The largest absolute Gasteiger partial charge is 0.456 e. The third-order valence-corrected chi connectivity index (χ3v) is 24.4. The van der Waals surface area contributed by atoms with Gasteiger partial charge in [-0.15, -0.1) is 0 Å². The average Bonchev–Trinajstić information content (AvgIpc) is 0.764. The maximum absolute atomic E-state index is 6.30. The maximum atomic E-state index is 6.30. The van der Waals surface area contributed by atoms with Crippen molar-refractivity contribution in [1.82, 2.24) is 0 Å². The van der Waals surface area contributed by atoms with E-state index in [4.69, 9.17) is 8.83 Å². The Morgan fingerprint density at radius 1 is 0.133 bits per heavy atom. The highest BCUT2D eigenvalue weighted by molar-refractivity contribution is 6.26. The van der Waals surface area contributed by atoms with Gasteiger partial charge in [-0.3, -0.25) is 0 Å². The van der Waals surface area contributed by atoms with E-state index in [1.807, 2.05) is 24.3 Å². The van der Waals surface area contributed by atoms with E-state index in [9.17, 15) is 0 Å². The summed E-state index contributed by atoms with van der Waals surface area (Å²) in [6, 6.07) is 165. The van der Waals surface area contributed by atoms with Crippen LogP contribution in [0.3, 0.4) is 0 Å². The highest BCUT2D eigenvalue weighted by atomic mass is 16.3. The normalized spacial score (nSPS) is 11.7. The van der Waals surface area contributed by atoms with E-state index in [-0.39, 0.29) is 0 Å². The third-order valence-electron chi connectivity index (χ3n) is 24.4. The SMILES string of the molecule is c1ccc(-c2cc(-c3cccc(-c4ccc5c(-c6cccc(-c7ccccc7N(c7ccc(-c8ccc9oc%10ccccc%10c9c8)cc7)c7ccc8c9ccccc9c9ccccc9c8c7)c6)cccc5c4)c3)cc(N(c3ccc(-c4ccc5oc6ccccc6c5c4)cc3)c3ccccc3-c3cccc(-c4cccc5ccccc45)c3)c2)cc1. The van der Waals surface area contributed by atoms with Crippen LogP contribution in [0.1, 0.15) is 0 Å². The zero-order valence-corrected chi connectivity index (χ0v) is 65.4. The lowest BCUT2D eigenvalue weighted by Gasteiger charge is -2.29. The second kappa shape index (κ2) is 29.1. The molecule has 0 aliphatic heterocycles. The Bertz CT molecular complexity index is 7950. The van der Waals surface area contributed by atoms with E-state index >= 15 is 0 Å². The van der Waals surface area contributed by atoms with E-state index in [1.165, 1.54) is 65.2 Å². The number of benzene rings is 21. The van der Waals surface area contributed by atoms with Gasteiger partial charge in [0.15, 0.2) is 0 Å². The van der Waals surface area contributed by atoms with Crippen LogP contribution in [-0.2, 0) is 0 Å². The number of hydrogen-bond donors (Lipinski definition) is 0. The zero-order chi connectivity index (χ0) is 79.1. The molecule has 2 heterocycles. The number of rotatable bonds is 15. The molecule has 0 amide bonds. The predicted molar refractivity (Wildman–Crippen MR) is 507 cm³/mol. The summed E-state index contributed by atoms with van der Waals surface area (Å²) < 4.78 is 12.6. The van der Waals surface area contributed by atoms with E-state index in [2.05, 4.69) is 434 Å². The molecule has 0 aliphatic rings. The standard InChI is InChI=1S/C116H74N2O2/c1-2-23-75(24-3-1)89-69-90(71-94(70-89)118(92-58-51-77(52-59-92)83-55-64-116-110(73-83)107-42-13-17-48-114(107)120-116)112-46-15-11-36-100(112)88-32-19-29-85(67-88)96-43-21-26-78-25-4-5-34-95(78)96)80-28-18-27-79(65-80)81-53-61-98-84(66-81)33-22-44-97(98)86-30-20-31-87(68-86)99-35-10-14-45-111(99)117(93-60-62-105-103-39-7-6-37-101(103)102-38-8-9-40-104(102)108(105)74-93)91-56-49-76(50-57-91)82-54-63-115-109(72-82)106-41-12-16-47-113(106)119-115/h1-74H. The molecule has 21 aromatic carbocycles. The van der Waals surface area contributed by atoms with Crippen LogP contribution in [0.25, 0.3) is 198 Å². The lowest BCUT2D eigenvalue weighted by atomic mass is 9.91. The Morgan fingerprint density at radius 2 is 0.450 bits per heavy atom. The first-order valence-corrected chi connectivity index (χ1v) is 41.1. The fraction of sp³-hybridized carbons (Fsp3) is 0. The Morgan fingerprint density at radius 3 is 1.02 bits per heavy atom. The molecule has 0 saturated heterocycles. The first kappa shape index (κ1) is 69.6. The molecular weight excluding hydrogens is 1450 g/mol. The smallest absolute Gasteiger partial charge is 0.135 e. The van der Waals surface area contributed by atoms with Crippen LogP contribution >= 0.6 is 0 Å². The van der Waals surface area contributed by atoms with Gasteiger partial charge in [0.05, 0.1) is 11.4 Å². The van der Waals surface area contributed by atoms with E-state index in [0.717, 1.165) is 167 Å². The van der Waals surface area contributed by atoms with Gasteiger partial charge in [0.25, 0.3) is 0 Å². The highest BCUT2D eigenvalue weighted by Crippen LogP contribution is 2.50. The molecule has 4 heteroatoms. The third kappa shape index (κ3) is 12.3. The molecule has 0 spiro atoms. The molecule has 23 aromatic rings. The number of furan rings is 2. The number of para-hydroxylation sites is 4. The zero-order valence-electron chi connectivity index (χ0n) is 65.4. The molecule has 560 valence electrons. The van der Waals surface area contributed by atoms with Crippen LogP contribution in [0, 0.1) is 0 Å². The lowest BCUT2D eigenvalue weighted by molar-refractivity contribution is 0.668. The summed E-state index contributed by atoms with van der Waals surface area (Å²) in [6.07, 6.45) is 0. The maximum Gasteiger partial charge on any atom is 0.135 e. The molecule has 0 fully saturated rings. The van der Waals surface area contributed by atoms with Crippen LogP contribution < -0.4 is 9.80 Å². The molecule has 0 unspecified atom stereocenters. The summed E-state index contributed by atoms with van der Waals surface area (Å²) in [5, 5.41) is 16.7. The van der Waals surface area contributed by atoms with Crippen molar-refractivity contribution in [3.63, 3.8) is 0 Å². The van der Waals surface area contributed by atoms with Crippen molar-refractivity contribution >= 4 is 132 Å². The predicted octanol–water partition coefficient (Wildman–Crippen LogP) is 33.2. The Hall–Kier alpha value is -15.9. The van der Waals surface area contributed by atoms with Crippen molar-refractivity contribution in [2.24, 2.45) is 0 Å². The van der Waals surface area contributed by atoms with Crippen LogP contribution in [-0.4, -0.2) is 0 Å². The molecule has 0 bridgehead atoms. The molecule has 0 atom stereocenters. The van der Waals surface area contributed by atoms with Gasteiger partial charge in [0.1, 0.15) is 22.3 Å². The molecule has 0 N–H and O–H groups in total. The van der Waals surface area contributed by atoms with Crippen LogP contribution in [0.5, 0.6) is 0 Å². The fourth-order valence-corrected chi connectivity index (χ4v) is 18.6. The summed E-state index contributed by atoms with van der Waals surface area (Å²) in [5.41, 5.74) is 30.3. The summed E-state index contributed by atoms with van der Waals surface area (Å²) in [5.74, 6) is 0. The molecular formula is C116H74N2O2. The van der Waals surface area contributed by atoms with Gasteiger partial charge in [-0.2, -0.15) is 0 Å². The summed E-state index contributed by atoms with van der Waals surface area (Å²) in [7, 11) is 0. The monoisotopic (exact) mass is 1530 g/mol. The Labute approximate surface area is 694 Å². The number of fused-ring (bicyclic) bond motifs is 14. The van der Waals surface area contributed by atoms with Gasteiger partial charge >= 0.3 is 0 Å². The van der Waals surface area contributed by atoms with Gasteiger partial charge in [-0.1, -0.05) is 322 Å². The molecule has 0 aliphatic carbocycles. The average molecular weight is 1530 g/mol. The fourth-order valence-electron chi connectivity index (χ4n) is 18.6. The Kier molecular flexibility index (Phi) is 16.9. The van der Waals surface area contributed by atoms with E-state index < -0.39 is 0 Å². The van der Waals surface area contributed by atoms with Gasteiger partial charge in [-0.25, -0.2) is 0 Å². The van der Waals surface area contributed by atoms with Crippen molar-refractivity contribution < 1.29 is 8.83 Å². The topological polar surface area (TPSA) is 32.8 Å². The molecule has 4 nitrogen and oxygen atoms in total. The number of anilines is 6. The number of hydrogen-bond acceptors (Lipinski definition) is 4. The lowest BCUT2D eigenvalue weighted by Crippen LogP contribution is -2.11. The summed E-state index contributed by atoms with van der Waals surface area (Å²) in [4.78, 5) is 4.91. The van der Waals surface area contributed by atoms with Crippen molar-refractivity contribution in [2.75, 3.05) is 9.80 Å². The van der Waals surface area contributed by atoms with Crippen molar-refractivity contribution in [3.05, 3.63) is 449 Å². The minimum atomic E-state index is 0.881. The second-order valence-electron chi connectivity index (χ2n) is 31.4. The van der Waals surface area contributed by atoms with Crippen LogP contribution in [0.4, 0.5) is 34.1 Å². The quantitative estimate of drug-likeness (QED) is 0.0958. The van der Waals surface area contributed by atoms with Gasteiger partial charge < -0.3 is 18.6 Å². The molecule has 120 heavy (non-hydrogen) atoms. The van der Waals surface area contributed by atoms with Crippen molar-refractivity contribution in [2.45, 2.75) is 0 Å². The minimum absolute atomic E-state index is 0.881. The summed E-state index contributed by atoms with van der Waals surface area (Å²) >= 11 is 0. The second-order valence-corrected chi connectivity index (χ2v) is 31.4. The molecule has 0 saturated carbocycles. The van der Waals surface area contributed by atoms with Gasteiger partial charge in [-0.05, 0) is 270 Å². The van der Waals surface area contributed by atoms with E-state index in [1.54, 1.807) is 0 Å². The van der Waals surface area contributed by atoms with E-state index in [0.29, 0.717) is 0 Å². The molecule has 23 rings (SSSR count). The molecule has 2 aromatic heterocycles. The van der Waals surface area contributed by atoms with Gasteiger partial charge in [0.2, 0.25) is 0 Å².